The lowest BCUT2D eigenvalue weighted by Gasteiger charge is -2.12. The van der Waals surface area contributed by atoms with Gasteiger partial charge in [0.15, 0.2) is 6.79 Å². The maximum Gasteiger partial charge on any atom is 0.189 e. The fraction of sp³-hybridized carbons (Fsp3) is 0.250. The summed E-state index contributed by atoms with van der Waals surface area (Å²) in [6.07, 6.45) is 0. The number of methoxy groups -OCH3 is 1. The molecular weight excluding hydrogens is 254 g/mol. The van der Waals surface area contributed by atoms with Gasteiger partial charge in [0.25, 0.3) is 0 Å². The molecule has 4 nitrogen and oxygen atoms in total. The van der Waals surface area contributed by atoms with Crippen LogP contribution in [-0.4, -0.2) is 13.9 Å². The molecule has 0 heterocycles. The van der Waals surface area contributed by atoms with Gasteiger partial charge >= 0.3 is 0 Å². The van der Waals surface area contributed by atoms with Crippen molar-refractivity contribution in [3.8, 4) is 11.5 Å². The Morgan fingerprint density at radius 3 is 2.55 bits per heavy atom. The van der Waals surface area contributed by atoms with Crippen LogP contribution in [0.3, 0.4) is 0 Å². The summed E-state index contributed by atoms with van der Waals surface area (Å²) in [5, 5.41) is 0. The van der Waals surface area contributed by atoms with Crippen LogP contribution in [0.5, 0.6) is 11.5 Å². The molecule has 2 N–H and O–H groups in total. The van der Waals surface area contributed by atoms with Crippen LogP contribution in [0.1, 0.15) is 11.1 Å². The van der Waals surface area contributed by atoms with Crippen molar-refractivity contribution in [2.24, 2.45) is 5.73 Å². The van der Waals surface area contributed by atoms with Crippen molar-refractivity contribution < 1.29 is 14.2 Å². The molecule has 2 rings (SSSR count). The first-order valence-corrected chi connectivity index (χ1v) is 6.45. The van der Waals surface area contributed by atoms with Gasteiger partial charge in [-0.05, 0) is 11.6 Å². The van der Waals surface area contributed by atoms with Crippen LogP contribution < -0.4 is 15.2 Å². The molecule has 2 aromatic rings. The average molecular weight is 273 g/mol. The summed E-state index contributed by atoms with van der Waals surface area (Å²) in [5.74, 6) is 1.43. The molecule has 0 unspecified atom stereocenters. The lowest BCUT2D eigenvalue weighted by atomic mass is 10.2. The van der Waals surface area contributed by atoms with E-state index in [9.17, 15) is 0 Å². The third kappa shape index (κ3) is 3.98. The highest BCUT2D eigenvalue weighted by Crippen LogP contribution is 2.24. The number of nitrogens with two attached hydrogens (primary N) is 1. The van der Waals surface area contributed by atoms with Crippen molar-refractivity contribution in [1.82, 2.24) is 0 Å². The molecule has 20 heavy (non-hydrogen) atoms. The second-order valence-electron chi connectivity index (χ2n) is 4.27. The van der Waals surface area contributed by atoms with Crippen molar-refractivity contribution in [3.05, 3.63) is 59.7 Å². The van der Waals surface area contributed by atoms with E-state index in [1.54, 1.807) is 7.11 Å². The minimum Gasteiger partial charge on any atom is -0.497 e. The Bertz CT molecular complexity index is 529. The maximum absolute atomic E-state index is 5.68. The van der Waals surface area contributed by atoms with Crippen LogP contribution in [0.4, 0.5) is 0 Å². The molecular formula is C16H19NO3. The van der Waals surface area contributed by atoms with Gasteiger partial charge in [0.2, 0.25) is 0 Å². The fourth-order valence-corrected chi connectivity index (χ4v) is 1.80. The summed E-state index contributed by atoms with van der Waals surface area (Å²) in [6, 6.07) is 15.5. The van der Waals surface area contributed by atoms with E-state index in [1.807, 2.05) is 48.5 Å². The van der Waals surface area contributed by atoms with Gasteiger partial charge in [-0.15, -0.1) is 0 Å². The zero-order valence-corrected chi connectivity index (χ0v) is 11.5. The summed E-state index contributed by atoms with van der Waals surface area (Å²) in [7, 11) is 1.62. The first-order chi connectivity index (χ1) is 9.83. The Morgan fingerprint density at radius 2 is 1.85 bits per heavy atom. The summed E-state index contributed by atoms with van der Waals surface area (Å²) in [6.45, 7) is 1.11. The predicted octanol–water partition coefficient (Wildman–Crippen LogP) is 2.71. The highest BCUT2D eigenvalue weighted by atomic mass is 16.7. The van der Waals surface area contributed by atoms with Crippen LogP contribution in [0.15, 0.2) is 48.5 Å². The Labute approximate surface area is 119 Å². The number of rotatable bonds is 7. The van der Waals surface area contributed by atoms with Crippen LogP contribution >= 0.6 is 0 Å². The van der Waals surface area contributed by atoms with Crippen molar-refractivity contribution in [2.75, 3.05) is 13.9 Å². The smallest absolute Gasteiger partial charge is 0.189 e. The normalized spacial score (nSPS) is 10.3. The van der Waals surface area contributed by atoms with Crippen molar-refractivity contribution in [1.29, 1.82) is 0 Å². The van der Waals surface area contributed by atoms with Crippen LogP contribution in [0.25, 0.3) is 0 Å². The lowest BCUT2D eigenvalue weighted by molar-refractivity contribution is 0.00446. The number of benzene rings is 2. The van der Waals surface area contributed by atoms with Gasteiger partial charge in [-0.3, -0.25) is 0 Å². The second kappa shape index (κ2) is 7.53. The van der Waals surface area contributed by atoms with Crippen LogP contribution in [0, 0.1) is 0 Å². The third-order valence-electron chi connectivity index (χ3n) is 2.90. The van der Waals surface area contributed by atoms with Crippen molar-refractivity contribution in [2.45, 2.75) is 13.2 Å². The van der Waals surface area contributed by atoms with E-state index in [-0.39, 0.29) is 6.79 Å². The van der Waals surface area contributed by atoms with E-state index in [1.165, 1.54) is 0 Å². The molecule has 0 atom stereocenters. The molecule has 0 bridgehead atoms. The van der Waals surface area contributed by atoms with Gasteiger partial charge in [0.1, 0.15) is 11.5 Å². The Kier molecular flexibility index (Phi) is 5.41. The van der Waals surface area contributed by atoms with Crippen LogP contribution in [-0.2, 0) is 17.9 Å². The summed E-state index contributed by atoms with van der Waals surface area (Å²) in [4.78, 5) is 0. The molecule has 0 fully saturated rings. The van der Waals surface area contributed by atoms with Crippen molar-refractivity contribution >= 4 is 0 Å². The zero-order valence-electron chi connectivity index (χ0n) is 11.5. The molecule has 0 spiro atoms. The summed E-state index contributed by atoms with van der Waals surface area (Å²) < 4.78 is 16.3. The topological polar surface area (TPSA) is 53.7 Å². The Hall–Kier alpha value is -2.04. The SMILES string of the molecule is COc1ccc(CN)c(OCOCc2ccccc2)c1. The van der Waals surface area contributed by atoms with Crippen LogP contribution in [0.2, 0.25) is 0 Å². The molecule has 0 aliphatic rings. The van der Waals surface area contributed by atoms with Gasteiger partial charge < -0.3 is 19.9 Å². The molecule has 0 amide bonds. The number of ether oxygens (including phenoxy) is 3. The summed E-state index contributed by atoms with van der Waals surface area (Å²) >= 11 is 0. The van der Waals surface area contributed by atoms with Gasteiger partial charge in [-0.1, -0.05) is 36.4 Å². The lowest BCUT2D eigenvalue weighted by Crippen LogP contribution is -2.07. The van der Waals surface area contributed by atoms with Gasteiger partial charge in [0, 0.05) is 18.2 Å². The van der Waals surface area contributed by atoms with E-state index in [2.05, 4.69) is 0 Å². The minimum atomic E-state index is 0.176. The molecule has 0 saturated heterocycles. The largest absolute Gasteiger partial charge is 0.497 e. The molecule has 0 aliphatic carbocycles. The van der Waals surface area contributed by atoms with Gasteiger partial charge in [0.05, 0.1) is 13.7 Å². The third-order valence-corrected chi connectivity index (χ3v) is 2.90. The quantitative estimate of drug-likeness (QED) is 0.622. The molecule has 4 heteroatoms. The highest BCUT2D eigenvalue weighted by Gasteiger charge is 2.04. The standard InChI is InChI=1S/C16H19NO3/c1-18-15-8-7-14(10-17)16(9-15)20-12-19-11-13-5-3-2-4-6-13/h2-9H,10-12,17H2,1H3. The molecule has 106 valence electrons. The maximum atomic E-state index is 5.68. The first kappa shape index (κ1) is 14.4. The fourth-order valence-electron chi connectivity index (χ4n) is 1.80. The Balaban J connectivity index is 1.87. The minimum absolute atomic E-state index is 0.176. The van der Waals surface area contributed by atoms with E-state index >= 15 is 0 Å². The van der Waals surface area contributed by atoms with E-state index < -0.39 is 0 Å². The average Bonchev–Trinajstić information content (AvgIpc) is 2.52. The highest BCUT2D eigenvalue weighted by molar-refractivity contribution is 5.40. The second-order valence-corrected chi connectivity index (χ2v) is 4.27. The Morgan fingerprint density at radius 1 is 1.05 bits per heavy atom. The van der Waals surface area contributed by atoms with Gasteiger partial charge in [-0.2, -0.15) is 0 Å². The predicted molar refractivity (Wildman–Crippen MR) is 77.6 cm³/mol. The zero-order chi connectivity index (χ0) is 14.2. The molecule has 0 aliphatic heterocycles. The van der Waals surface area contributed by atoms with E-state index in [0.717, 1.165) is 16.9 Å². The first-order valence-electron chi connectivity index (χ1n) is 6.45. The number of hydrogen-bond donors (Lipinski definition) is 1. The van der Waals surface area contributed by atoms with Crippen molar-refractivity contribution in [3.63, 3.8) is 0 Å². The molecule has 0 aromatic heterocycles. The molecule has 0 radical (unpaired) electrons. The monoisotopic (exact) mass is 273 g/mol. The van der Waals surface area contributed by atoms with Gasteiger partial charge in [-0.25, -0.2) is 0 Å². The molecule has 0 saturated carbocycles. The van der Waals surface area contributed by atoms with E-state index in [4.69, 9.17) is 19.9 Å². The summed E-state index contributed by atoms with van der Waals surface area (Å²) in [5.41, 5.74) is 7.71. The number of hydrogen-bond acceptors (Lipinski definition) is 4. The molecule has 2 aromatic carbocycles. The van der Waals surface area contributed by atoms with E-state index in [0.29, 0.717) is 18.9 Å².